The third-order valence-corrected chi connectivity index (χ3v) is 6.18. The second kappa shape index (κ2) is 6.42. The number of carbonyl (C=O) groups is 2. The standard InChI is InChI=1S/C19H22F3N3O2/c20-19(21,22)15-3-1-14(2-4-15)16(26)24-25-17(27)23-18-8-11-5-12(9-18)7-13(6-11)10-18/h1-4,11-13H,5-10H2,(H,24,26)(H2,23,25,27). The largest absolute Gasteiger partial charge is 0.416 e. The Balaban J connectivity index is 1.31. The Morgan fingerprint density at radius 3 is 1.89 bits per heavy atom. The SMILES string of the molecule is O=C(NNC(=O)c1ccc(C(F)(F)F)cc1)NC12CC3CC(CC(C3)C1)C2. The monoisotopic (exact) mass is 381 g/mol. The Labute approximate surface area is 155 Å². The maximum absolute atomic E-state index is 12.6. The van der Waals surface area contributed by atoms with Gasteiger partial charge in [-0.05, 0) is 80.5 Å². The summed E-state index contributed by atoms with van der Waals surface area (Å²) in [5.41, 5.74) is 3.62. The number of halogens is 3. The van der Waals surface area contributed by atoms with Crippen LogP contribution in [-0.2, 0) is 6.18 Å². The molecule has 1 aromatic rings. The second-order valence-electron chi connectivity index (χ2n) is 8.31. The lowest BCUT2D eigenvalue weighted by Crippen LogP contribution is -2.62. The highest BCUT2D eigenvalue weighted by molar-refractivity contribution is 5.95. The van der Waals surface area contributed by atoms with Crippen molar-refractivity contribution in [2.45, 2.75) is 50.2 Å². The van der Waals surface area contributed by atoms with Gasteiger partial charge in [0.25, 0.3) is 5.91 Å². The van der Waals surface area contributed by atoms with Gasteiger partial charge in [-0.25, -0.2) is 10.2 Å². The minimum atomic E-state index is -4.45. The zero-order chi connectivity index (χ0) is 19.2. The molecule has 27 heavy (non-hydrogen) atoms. The third kappa shape index (κ3) is 3.75. The molecule has 3 amide bonds. The van der Waals surface area contributed by atoms with Crippen molar-refractivity contribution >= 4 is 11.9 Å². The first-order chi connectivity index (χ1) is 12.7. The molecule has 4 aliphatic rings. The van der Waals surface area contributed by atoms with E-state index in [0.717, 1.165) is 43.5 Å². The van der Waals surface area contributed by atoms with Crippen LogP contribution in [0.25, 0.3) is 0 Å². The van der Waals surface area contributed by atoms with E-state index in [9.17, 15) is 22.8 Å². The van der Waals surface area contributed by atoms with Gasteiger partial charge in [-0.3, -0.25) is 10.2 Å². The number of hydrogen-bond acceptors (Lipinski definition) is 2. The smallest absolute Gasteiger partial charge is 0.331 e. The highest BCUT2D eigenvalue weighted by Gasteiger charge is 2.51. The summed E-state index contributed by atoms with van der Waals surface area (Å²) < 4.78 is 37.7. The fraction of sp³-hybridized carbons (Fsp3) is 0.579. The highest BCUT2D eigenvalue weighted by Crippen LogP contribution is 2.55. The zero-order valence-electron chi connectivity index (χ0n) is 14.7. The van der Waals surface area contributed by atoms with Crippen LogP contribution < -0.4 is 16.2 Å². The van der Waals surface area contributed by atoms with Gasteiger partial charge in [0.15, 0.2) is 0 Å². The van der Waals surface area contributed by atoms with Crippen molar-refractivity contribution in [2.24, 2.45) is 17.8 Å². The van der Waals surface area contributed by atoms with Crippen LogP contribution in [0.4, 0.5) is 18.0 Å². The summed E-state index contributed by atoms with van der Waals surface area (Å²) in [5.74, 6) is 1.37. The molecule has 0 aliphatic heterocycles. The van der Waals surface area contributed by atoms with Crippen molar-refractivity contribution in [3.05, 3.63) is 35.4 Å². The molecule has 0 atom stereocenters. The number of benzene rings is 1. The molecule has 0 unspecified atom stereocenters. The van der Waals surface area contributed by atoms with Crippen molar-refractivity contribution in [3.8, 4) is 0 Å². The predicted molar refractivity (Wildman–Crippen MR) is 91.5 cm³/mol. The number of amides is 3. The topological polar surface area (TPSA) is 70.2 Å². The van der Waals surface area contributed by atoms with Crippen molar-refractivity contribution in [2.75, 3.05) is 0 Å². The van der Waals surface area contributed by atoms with Crippen molar-refractivity contribution in [3.63, 3.8) is 0 Å². The van der Waals surface area contributed by atoms with E-state index in [1.807, 2.05) is 0 Å². The van der Waals surface area contributed by atoms with Gasteiger partial charge < -0.3 is 5.32 Å². The van der Waals surface area contributed by atoms with Crippen molar-refractivity contribution in [1.82, 2.24) is 16.2 Å². The molecule has 1 aromatic carbocycles. The van der Waals surface area contributed by atoms with Gasteiger partial charge >= 0.3 is 12.2 Å². The van der Waals surface area contributed by atoms with Gasteiger partial charge in [0.2, 0.25) is 0 Å². The Hall–Kier alpha value is -2.25. The summed E-state index contributed by atoms with van der Waals surface area (Å²) in [5, 5.41) is 3.05. The van der Waals surface area contributed by atoms with E-state index in [-0.39, 0.29) is 11.1 Å². The zero-order valence-corrected chi connectivity index (χ0v) is 14.7. The average Bonchev–Trinajstić information content (AvgIpc) is 2.57. The molecule has 0 aromatic heterocycles. The maximum atomic E-state index is 12.6. The summed E-state index contributed by atoms with van der Waals surface area (Å²) in [7, 11) is 0. The number of hydrogen-bond donors (Lipinski definition) is 3. The molecule has 0 heterocycles. The molecule has 4 aliphatic carbocycles. The van der Waals surface area contributed by atoms with Gasteiger partial charge in [0.1, 0.15) is 0 Å². The van der Waals surface area contributed by atoms with Crippen LogP contribution in [0, 0.1) is 17.8 Å². The normalized spacial score (nSPS) is 31.4. The molecule has 3 N–H and O–H groups in total. The summed E-state index contributed by atoms with van der Waals surface area (Å²) in [4.78, 5) is 24.3. The average molecular weight is 381 g/mol. The van der Waals surface area contributed by atoms with E-state index in [1.165, 1.54) is 19.3 Å². The molecular weight excluding hydrogens is 359 g/mol. The Bertz CT molecular complexity index is 710. The van der Waals surface area contributed by atoms with E-state index in [4.69, 9.17) is 0 Å². The summed E-state index contributed by atoms with van der Waals surface area (Å²) in [6.45, 7) is 0. The first kappa shape index (κ1) is 18.1. The van der Waals surface area contributed by atoms with Gasteiger partial charge in [0.05, 0.1) is 5.56 Å². The fourth-order valence-electron chi connectivity index (χ4n) is 5.53. The lowest BCUT2D eigenvalue weighted by molar-refractivity contribution is -0.137. The summed E-state index contributed by atoms with van der Waals surface area (Å²) in [6, 6.07) is 3.36. The van der Waals surface area contributed by atoms with Crippen LogP contribution in [-0.4, -0.2) is 17.5 Å². The molecule has 146 valence electrons. The van der Waals surface area contributed by atoms with Gasteiger partial charge in [-0.1, -0.05) is 0 Å². The van der Waals surface area contributed by atoms with Gasteiger partial charge in [-0.2, -0.15) is 13.2 Å². The Morgan fingerprint density at radius 1 is 0.889 bits per heavy atom. The molecule has 0 radical (unpaired) electrons. The molecule has 8 heteroatoms. The van der Waals surface area contributed by atoms with E-state index in [0.29, 0.717) is 17.8 Å². The molecule has 0 saturated heterocycles. The van der Waals surface area contributed by atoms with Crippen molar-refractivity contribution in [1.29, 1.82) is 0 Å². The molecule has 5 nitrogen and oxygen atoms in total. The lowest BCUT2D eigenvalue weighted by atomic mass is 9.53. The third-order valence-electron chi connectivity index (χ3n) is 6.18. The first-order valence-electron chi connectivity index (χ1n) is 9.28. The van der Waals surface area contributed by atoms with Crippen LogP contribution >= 0.6 is 0 Å². The number of alkyl halides is 3. The molecule has 4 saturated carbocycles. The minimum absolute atomic E-state index is 0.0399. The quantitative estimate of drug-likeness (QED) is 0.685. The van der Waals surface area contributed by atoms with Gasteiger partial charge in [-0.15, -0.1) is 0 Å². The number of urea groups is 1. The molecule has 4 fully saturated rings. The Kier molecular flexibility index (Phi) is 4.31. The number of nitrogens with one attached hydrogen (secondary N) is 3. The molecule has 4 bridgehead atoms. The van der Waals surface area contributed by atoms with Crippen LogP contribution in [0.1, 0.15) is 54.4 Å². The van der Waals surface area contributed by atoms with E-state index < -0.39 is 23.7 Å². The van der Waals surface area contributed by atoms with Crippen LogP contribution in [0.5, 0.6) is 0 Å². The number of rotatable bonds is 2. The summed E-state index contributed by atoms with van der Waals surface area (Å²) in [6.07, 6.45) is 2.27. The van der Waals surface area contributed by atoms with E-state index >= 15 is 0 Å². The summed E-state index contributed by atoms with van der Waals surface area (Å²) >= 11 is 0. The maximum Gasteiger partial charge on any atom is 0.416 e. The Morgan fingerprint density at radius 2 is 1.41 bits per heavy atom. The fourth-order valence-corrected chi connectivity index (χ4v) is 5.53. The highest BCUT2D eigenvalue weighted by atomic mass is 19.4. The van der Waals surface area contributed by atoms with Crippen LogP contribution in [0.15, 0.2) is 24.3 Å². The number of carbonyl (C=O) groups excluding carboxylic acids is 2. The molecule has 0 spiro atoms. The van der Waals surface area contributed by atoms with Crippen LogP contribution in [0.2, 0.25) is 0 Å². The first-order valence-corrected chi connectivity index (χ1v) is 9.28. The predicted octanol–water partition coefficient (Wildman–Crippen LogP) is 3.62. The van der Waals surface area contributed by atoms with Crippen LogP contribution in [0.3, 0.4) is 0 Å². The molecule has 5 rings (SSSR count). The lowest BCUT2D eigenvalue weighted by Gasteiger charge is -2.56. The second-order valence-corrected chi connectivity index (χ2v) is 8.31. The van der Waals surface area contributed by atoms with Gasteiger partial charge in [0, 0.05) is 11.1 Å². The van der Waals surface area contributed by atoms with E-state index in [1.54, 1.807) is 0 Å². The van der Waals surface area contributed by atoms with E-state index in [2.05, 4.69) is 16.2 Å². The molecular formula is C19H22F3N3O2. The number of hydrazine groups is 1. The minimum Gasteiger partial charge on any atom is -0.331 e. The van der Waals surface area contributed by atoms with Crippen molar-refractivity contribution < 1.29 is 22.8 Å².